The van der Waals surface area contributed by atoms with Gasteiger partial charge in [0, 0.05) is 24.4 Å². The number of hydrogen-bond donors (Lipinski definition) is 2. The van der Waals surface area contributed by atoms with Crippen LogP contribution in [0.4, 0.5) is 0 Å². The van der Waals surface area contributed by atoms with Crippen LogP contribution in [0.1, 0.15) is 56.2 Å². The zero-order valence-electron chi connectivity index (χ0n) is 16.2. The summed E-state index contributed by atoms with van der Waals surface area (Å²) in [6.45, 7) is 4.86. The highest BCUT2D eigenvalue weighted by Crippen LogP contribution is 2.38. The Morgan fingerprint density at radius 3 is 2.52 bits per heavy atom. The van der Waals surface area contributed by atoms with Gasteiger partial charge in [-0.05, 0) is 68.1 Å². The van der Waals surface area contributed by atoms with Crippen molar-refractivity contribution in [1.29, 1.82) is 0 Å². The molecule has 0 spiro atoms. The van der Waals surface area contributed by atoms with Gasteiger partial charge in [0.15, 0.2) is 0 Å². The summed E-state index contributed by atoms with van der Waals surface area (Å²) in [4.78, 5) is 16.4. The lowest BCUT2D eigenvalue weighted by Gasteiger charge is -2.36. The largest absolute Gasteiger partial charge is 0.356 e. The Morgan fingerprint density at radius 2 is 1.93 bits per heavy atom. The van der Waals surface area contributed by atoms with E-state index in [4.69, 9.17) is 5.73 Å². The third-order valence-electron chi connectivity index (χ3n) is 6.14. The highest BCUT2D eigenvalue weighted by molar-refractivity contribution is 7.09. The number of amides is 1. The summed E-state index contributed by atoms with van der Waals surface area (Å²) in [6.07, 6.45) is 9.01. The maximum atomic E-state index is 12.4. The van der Waals surface area contributed by atoms with Crippen LogP contribution in [0.25, 0.3) is 0 Å². The Kier molecular flexibility index (Phi) is 11.2. The molecule has 1 amide bonds. The van der Waals surface area contributed by atoms with Gasteiger partial charge in [0.1, 0.15) is 0 Å². The van der Waals surface area contributed by atoms with Gasteiger partial charge in [-0.1, -0.05) is 25.3 Å². The minimum absolute atomic E-state index is 0. The molecule has 0 radical (unpaired) electrons. The predicted molar refractivity (Wildman–Crippen MR) is 119 cm³/mol. The van der Waals surface area contributed by atoms with Gasteiger partial charge in [-0.25, -0.2) is 0 Å². The highest BCUT2D eigenvalue weighted by Gasteiger charge is 2.33. The molecule has 7 heteroatoms. The molecule has 27 heavy (non-hydrogen) atoms. The van der Waals surface area contributed by atoms with Crippen molar-refractivity contribution in [1.82, 2.24) is 10.2 Å². The molecule has 2 heterocycles. The molecule has 3 N–H and O–H groups in total. The van der Waals surface area contributed by atoms with E-state index in [0.29, 0.717) is 18.9 Å². The molecule has 2 fully saturated rings. The Bertz CT molecular complexity index is 527. The summed E-state index contributed by atoms with van der Waals surface area (Å²) < 4.78 is 0. The number of nitrogens with one attached hydrogen (secondary N) is 1. The second kappa shape index (κ2) is 12.3. The van der Waals surface area contributed by atoms with Gasteiger partial charge in [-0.3, -0.25) is 9.69 Å². The zero-order chi connectivity index (χ0) is 17.5. The Morgan fingerprint density at radius 1 is 1.22 bits per heavy atom. The molecule has 0 aromatic carbocycles. The Labute approximate surface area is 180 Å². The first-order valence-corrected chi connectivity index (χ1v) is 10.8. The number of carbonyl (C=O) groups is 1. The van der Waals surface area contributed by atoms with Crippen LogP contribution in [0.5, 0.6) is 0 Å². The van der Waals surface area contributed by atoms with E-state index in [1.54, 1.807) is 0 Å². The molecule has 1 aliphatic carbocycles. The molecule has 1 saturated carbocycles. The van der Waals surface area contributed by atoms with E-state index in [0.717, 1.165) is 39.0 Å². The zero-order valence-corrected chi connectivity index (χ0v) is 18.6. The quantitative estimate of drug-likeness (QED) is 0.673. The smallest absolute Gasteiger partial charge is 0.220 e. The van der Waals surface area contributed by atoms with Crippen LogP contribution >= 0.6 is 36.2 Å². The first-order chi connectivity index (χ1) is 12.2. The summed E-state index contributed by atoms with van der Waals surface area (Å²) >= 11 is 1.84. The summed E-state index contributed by atoms with van der Waals surface area (Å²) in [5.74, 6) is 0.845. The molecule has 3 rings (SSSR count). The second-order valence-corrected chi connectivity index (χ2v) is 9.08. The average Bonchev–Trinajstić information content (AvgIpc) is 3.15. The molecular formula is C20H35Cl2N3OS. The van der Waals surface area contributed by atoms with E-state index >= 15 is 0 Å². The molecule has 0 bridgehead atoms. The van der Waals surface area contributed by atoms with E-state index in [2.05, 4.69) is 27.7 Å². The average molecular weight is 436 g/mol. The van der Waals surface area contributed by atoms with Crippen molar-refractivity contribution in [3.05, 3.63) is 22.4 Å². The SMILES string of the molecule is Cl.Cl.NCC1(CC(=O)NCC2CCN(Cc3cccs3)CC2)CCCCC1. The first kappa shape index (κ1) is 24.7. The fraction of sp³-hybridized carbons (Fsp3) is 0.750. The number of carbonyl (C=O) groups excluding carboxylic acids is 1. The lowest BCUT2D eigenvalue weighted by Crippen LogP contribution is -2.41. The molecule has 1 aromatic rings. The van der Waals surface area contributed by atoms with Gasteiger partial charge in [-0.2, -0.15) is 0 Å². The molecule has 0 unspecified atom stereocenters. The number of piperidine rings is 1. The van der Waals surface area contributed by atoms with Gasteiger partial charge in [-0.15, -0.1) is 36.2 Å². The van der Waals surface area contributed by atoms with Crippen molar-refractivity contribution in [2.45, 2.75) is 57.9 Å². The van der Waals surface area contributed by atoms with Crippen LogP contribution in [-0.4, -0.2) is 37.0 Å². The lowest BCUT2D eigenvalue weighted by atomic mass is 9.71. The van der Waals surface area contributed by atoms with Gasteiger partial charge in [0.05, 0.1) is 0 Å². The van der Waals surface area contributed by atoms with Crippen LogP contribution in [0.3, 0.4) is 0 Å². The number of nitrogens with two attached hydrogens (primary N) is 1. The summed E-state index contributed by atoms with van der Waals surface area (Å²) in [5, 5.41) is 5.36. The van der Waals surface area contributed by atoms with E-state index < -0.39 is 0 Å². The molecule has 4 nitrogen and oxygen atoms in total. The van der Waals surface area contributed by atoms with E-state index in [-0.39, 0.29) is 36.1 Å². The number of hydrogen-bond acceptors (Lipinski definition) is 4. The third-order valence-corrected chi connectivity index (χ3v) is 7.00. The monoisotopic (exact) mass is 435 g/mol. The van der Waals surface area contributed by atoms with Crippen LogP contribution in [-0.2, 0) is 11.3 Å². The van der Waals surface area contributed by atoms with Crippen molar-refractivity contribution >= 4 is 42.1 Å². The fourth-order valence-electron chi connectivity index (χ4n) is 4.39. The molecule has 1 aliphatic heterocycles. The molecule has 156 valence electrons. The van der Waals surface area contributed by atoms with E-state index in [9.17, 15) is 4.79 Å². The van der Waals surface area contributed by atoms with Crippen molar-refractivity contribution in [2.75, 3.05) is 26.2 Å². The molecule has 1 saturated heterocycles. The molecule has 1 aromatic heterocycles. The lowest BCUT2D eigenvalue weighted by molar-refractivity contribution is -0.124. The van der Waals surface area contributed by atoms with Crippen LogP contribution in [0.2, 0.25) is 0 Å². The van der Waals surface area contributed by atoms with Gasteiger partial charge >= 0.3 is 0 Å². The summed E-state index contributed by atoms with van der Waals surface area (Å²) in [7, 11) is 0. The number of thiophene rings is 1. The van der Waals surface area contributed by atoms with Crippen molar-refractivity contribution in [3.8, 4) is 0 Å². The summed E-state index contributed by atoms with van der Waals surface area (Å²) in [6, 6.07) is 4.35. The number of rotatable bonds is 7. The standard InChI is InChI=1S/C20H33N3OS.2ClH/c21-16-20(8-2-1-3-9-20)13-19(24)22-14-17-6-10-23(11-7-17)15-18-5-4-12-25-18;;/h4-5,12,17H,1-3,6-11,13-16,21H2,(H,22,24);2*1H. The molecular weight excluding hydrogens is 401 g/mol. The Balaban J connectivity index is 0.00000182. The van der Waals surface area contributed by atoms with Gasteiger partial charge in [0.2, 0.25) is 5.91 Å². The van der Waals surface area contributed by atoms with E-state index in [1.165, 1.54) is 37.0 Å². The van der Waals surface area contributed by atoms with Crippen LogP contribution < -0.4 is 11.1 Å². The molecule has 2 aliphatic rings. The summed E-state index contributed by atoms with van der Waals surface area (Å²) in [5.41, 5.74) is 6.09. The number of nitrogens with zero attached hydrogens (tertiary/aromatic N) is 1. The third kappa shape index (κ3) is 7.54. The predicted octanol–water partition coefficient (Wildman–Crippen LogP) is 4.22. The van der Waals surface area contributed by atoms with Gasteiger partial charge < -0.3 is 11.1 Å². The van der Waals surface area contributed by atoms with Crippen molar-refractivity contribution < 1.29 is 4.79 Å². The second-order valence-electron chi connectivity index (χ2n) is 8.04. The van der Waals surface area contributed by atoms with Crippen LogP contribution in [0, 0.1) is 11.3 Å². The number of likely N-dealkylation sites (tertiary alicyclic amines) is 1. The molecule has 0 atom stereocenters. The minimum atomic E-state index is 0. The minimum Gasteiger partial charge on any atom is -0.356 e. The first-order valence-electron chi connectivity index (χ1n) is 9.91. The van der Waals surface area contributed by atoms with Crippen molar-refractivity contribution in [3.63, 3.8) is 0 Å². The highest BCUT2D eigenvalue weighted by atomic mass is 35.5. The Hall–Kier alpha value is -0.330. The maximum absolute atomic E-state index is 12.4. The van der Waals surface area contributed by atoms with Gasteiger partial charge in [0.25, 0.3) is 0 Å². The maximum Gasteiger partial charge on any atom is 0.220 e. The number of halogens is 2. The normalized spacial score (nSPS) is 20.3. The fourth-order valence-corrected chi connectivity index (χ4v) is 5.13. The van der Waals surface area contributed by atoms with E-state index in [1.807, 2.05) is 11.3 Å². The topological polar surface area (TPSA) is 58.4 Å². The van der Waals surface area contributed by atoms with Crippen LogP contribution in [0.15, 0.2) is 17.5 Å². The van der Waals surface area contributed by atoms with Crippen molar-refractivity contribution in [2.24, 2.45) is 17.1 Å².